The second-order valence-corrected chi connectivity index (χ2v) is 7.56. The van der Waals surface area contributed by atoms with Crippen LogP contribution < -0.4 is 10.9 Å². The smallest absolute Gasteiger partial charge is 0.299 e. The van der Waals surface area contributed by atoms with Gasteiger partial charge >= 0.3 is 0 Å². The van der Waals surface area contributed by atoms with Gasteiger partial charge in [0, 0.05) is 11.4 Å². The molecule has 1 amide bonds. The summed E-state index contributed by atoms with van der Waals surface area (Å²) in [4.78, 5) is 30.6. The van der Waals surface area contributed by atoms with Crippen molar-refractivity contribution in [3.05, 3.63) is 57.0 Å². The Hall–Kier alpha value is -3.00. The Morgan fingerprint density at radius 2 is 2.04 bits per heavy atom. The van der Waals surface area contributed by atoms with E-state index < -0.39 is 0 Å². The first-order valence-corrected chi connectivity index (χ1v) is 9.53. The molecule has 0 atom stereocenters. The minimum atomic E-state index is -0.255. The molecule has 0 bridgehead atoms. The standard InChI is InChI=1S/C19H19N5O2S/c1-4-13-7-5-6-8-14(13)20-16(25)10-23-11(2)9-15-17(23)18(26)24-19(21-15)27-12(3)22-24/h5-9H,4,10H2,1-3H3,(H,20,25). The lowest BCUT2D eigenvalue weighted by atomic mass is 10.1. The molecule has 138 valence electrons. The Labute approximate surface area is 159 Å². The van der Waals surface area contributed by atoms with Gasteiger partial charge in [-0.3, -0.25) is 9.59 Å². The molecule has 8 heteroatoms. The molecule has 7 nitrogen and oxygen atoms in total. The number of para-hydroxylation sites is 1. The number of aryl methyl sites for hydroxylation is 3. The highest BCUT2D eigenvalue weighted by molar-refractivity contribution is 7.16. The zero-order valence-corrected chi connectivity index (χ0v) is 16.1. The topological polar surface area (TPSA) is 81.3 Å². The minimum Gasteiger partial charge on any atom is -0.330 e. The summed E-state index contributed by atoms with van der Waals surface area (Å²) >= 11 is 1.37. The fourth-order valence-corrected chi connectivity index (χ4v) is 3.98. The predicted octanol–water partition coefficient (Wildman–Crippen LogP) is 2.92. The molecule has 4 aromatic rings. The summed E-state index contributed by atoms with van der Waals surface area (Å²) in [5.74, 6) is -0.185. The summed E-state index contributed by atoms with van der Waals surface area (Å²) < 4.78 is 3.01. The molecule has 0 aliphatic rings. The van der Waals surface area contributed by atoms with E-state index in [2.05, 4.69) is 15.4 Å². The Morgan fingerprint density at radius 3 is 2.81 bits per heavy atom. The number of nitrogens with one attached hydrogen (secondary N) is 1. The van der Waals surface area contributed by atoms with Crippen LogP contribution in [0.25, 0.3) is 16.0 Å². The molecular formula is C19H19N5O2S. The summed E-state index contributed by atoms with van der Waals surface area (Å²) in [7, 11) is 0. The number of hydrogen-bond donors (Lipinski definition) is 1. The summed E-state index contributed by atoms with van der Waals surface area (Å²) in [6.45, 7) is 5.79. The Kier molecular flexibility index (Phi) is 4.27. The summed E-state index contributed by atoms with van der Waals surface area (Å²) in [6.07, 6.45) is 0.828. The monoisotopic (exact) mass is 381 g/mol. The SMILES string of the molecule is CCc1ccccc1NC(=O)Cn1c(C)cc2nc3sc(C)nn3c(=O)c21. The number of benzene rings is 1. The first-order chi connectivity index (χ1) is 13.0. The van der Waals surface area contributed by atoms with Crippen LogP contribution in [0.15, 0.2) is 35.1 Å². The highest BCUT2D eigenvalue weighted by atomic mass is 32.1. The molecule has 3 aromatic heterocycles. The first kappa shape index (κ1) is 17.4. The number of hydrogen-bond acceptors (Lipinski definition) is 5. The molecule has 0 aliphatic heterocycles. The van der Waals surface area contributed by atoms with Crippen LogP contribution in [0.3, 0.4) is 0 Å². The van der Waals surface area contributed by atoms with Gasteiger partial charge in [-0.1, -0.05) is 36.5 Å². The number of anilines is 1. The van der Waals surface area contributed by atoms with Gasteiger partial charge in [0.2, 0.25) is 10.9 Å². The average molecular weight is 381 g/mol. The first-order valence-electron chi connectivity index (χ1n) is 8.72. The van der Waals surface area contributed by atoms with E-state index >= 15 is 0 Å². The van der Waals surface area contributed by atoms with E-state index in [-0.39, 0.29) is 18.0 Å². The van der Waals surface area contributed by atoms with Crippen molar-refractivity contribution in [1.29, 1.82) is 0 Å². The van der Waals surface area contributed by atoms with Crippen molar-refractivity contribution >= 4 is 38.9 Å². The fraction of sp³-hybridized carbons (Fsp3) is 0.263. The van der Waals surface area contributed by atoms with E-state index in [1.165, 1.54) is 15.9 Å². The van der Waals surface area contributed by atoms with Gasteiger partial charge in [0.1, 0.15) is 17.1 Å². The van der Waals surface area contributed by atoms with Crippen LogP contribution in [-0.2, 0) is 17.8 Å². The maximum absolute atomic E-state index is 12.9. The number of amides is 1. The van der Waals surface area contributed by atoms with Crippen LogP contribution >= 0.6 is 11.3 Å². The van der Waals surface area contributed by atoms with E-state index in [9.17, 15) is 9.59 Å². The van der Waals surface area contributed by atoms with E-state index in [0.717, 1.165) is 28.4 Å². The number of rotatable bonds is 4. The molecule has 27 heavy (non-hydrogen) atoms. The number of nitrogens with zero attached hydrogens (tertiary/aromatic N) is 4. The highest BCUT2D eigenvalue weighted by Crippen LogP contribution is 2.19. The number of aromatic nitrogens is 4. The molecule has 3 heterocycles. The third-order valence-electron chi connectivity index (χ3n) is 4.53. The summed E-state index contributed by atoms with van der Waals surface area (Å²) in [5.41, 5.74) is 3.41. The van der Waals surface area contributed by atoms with Crippen LogP contribution in [0.4, 0.5) is 5.69 Å². The lowest BCUT2D eigenvalue weighted by Gasteiger charge is -2.11. The molecule has 4 rings (SSSR count). The van der Waals surface area contributed by atoms with E-state index in [1.807, 2.05) is 51.1 Å². The molecule has 0 saturated heterocycles. The van der Waals surface area contributed by atoms with Crippen LogP contribution in [-0.4, -0.2) is 25.1 Å². The van der Waals surface area contributed by atoms with E-state index in [4.69, 9.17) is 0 Å². The van der Waals surface area contributed by atoms with Gasteiger partial charge in [-0.05, 0) is 38.0 Å². The largest absolute Gasteiger partial charge is 0.330 e. The quantitative estimate of drug-likeness (QED) is 0.589. The second kappa shape index (κ2) is 6.62. The molecule has 1 N–H and O–H groups in total. The third-order valence-corrected chi connectivity index (χ3v) is 5.35. The van der Waals surface area contributed by atoms with Gasteiger partial charge < -0.3 is 9.88 Å². The molecule has 0 spiro atoms. The second-order valence-electron chi connectivity index (χ2n) is 6.40. The maximum atomic E-state index is 12.9. The van der Waals surface area contributed by atoms with Crippen molar-refractivity contribution in [2.24, 2.45) is 0 Å². The summed E-state index contributed by atoms with van der Waals surface area (Å²) in [6, 6.07) is 9.55. The van der Waals surface area contributed by atoms with E-state index in [1.54, 1.807) is 4.57 Å². The molecule has 0 aliphatic carbocycles. The number of carbonyl (C=O) groups is 1. The normalized spacial score (nSPS) is 11.4. The zero-order valence-electron chi connectivity index (χ0n) is 15.3. The van der Waals surface area contributed by atoms with Gasteiger partial charge in [0.15, 0.2) is 0 Å². The Morgan fingerprint density at radius 1 is 1.26 bits per heavy atom. The van der Waals surface area contributed by atoms with Crippen molar-refractivity contribution in [2.45, 2.75) is 33.7 Å². The molecular weight excluding hydrogens is 362 g/mol. The van der Waals surface area contributed by atoms with Gasteiger partial charge in [-0.25, -0.2) is 4.98 Å². The van der Waals surface area contributed by atoms with E-state index in [0.29, 0.717) is 16.0 Å². The van der Waals surface area contributed by atoms with Crippen LogP contribution in [0.2, 0.25) is 0 Å². The molecule has 0 unspecified atom stereocenters. The van der Waals surface area contributed by atoms with Crippen molar-refractivity contribution in [3.8, 4) is 0 Å². The van der Waals surface area contributed by atoms with Gasteiger partial charge in [-0.15, -0.1) is 0 Å². The van der Waals surface area contributed by atoms with Gasteiger partial charge in [0.25, 0.3) is 5.56 Å². The minimum absolute atomic E-state index is 0.0412. The highest BCUT2D eigenvalue weighted by Gasteiger charge is 2.17. The van der Waals surface area contributed by atoms with Crippen LogP contribution in [0.5, 0.6) is 0 Å². The fourth-order valence-electron chi connectivity index (χ4n) is 3.24. The predicted molar refractivity (Wildman–Crippen MR) is 107 cm³/mol. The lowest BCUT2D eigenvalue weighted by Crippen LogP contribution is -2.24. The molecule has 1 aromatic carbocycles. The van der Waals surface area contributed by atoms with Crippen molar-refractivity contribution in [2.75, 3.05) is 5.32 Å². The van der Waals surface area contributed by atoms with Crippen molar-refractivity contribution in [1.82, 2.24) is 19.2 Å². The van der Waals surface area contributed by atoms with Crippen LogP contribution in [0, 0.1) is 13.8 Å². The van der Waals surface area contributed by atoms with Crippen molar-refractivity contribution in [3.63, 3.8) is 0 Å². The number of carbonyl (C=O) groups excluding carboxylic acids is 1. The average Bonchev–Trinajstić information content (AvgIpc) is 3.15. The molecule has 0 saturated carbocycles. The Bertz CT molecular complexity index is 1230. The van der Waals surface area contributed by atoms with Crippen LogP contribution in [0.1, 0.15) is 23.2 Å². The lowest BCUT2D eigenvalue weighted by molar-refractivity contribution is -0.116. The van der Waals surface area contributed by atoms with Gasteiger partial charge in [0.05, 0.1) is 5.52 Å². The molecule has 0 fully saturated rings. The maximum Gasteiger partial charge on any atom is 0.299 e. The van der Waals surface area contributed by atoms with Gasteiger partial charge in [-0.2, -0.15) is 9.61 Å². The third kappa shape index (κ3) is 3.02. The molecule has 0 radical (unpaired) electrons. The Balaban J connectivity index is 1.73. The zero-order chi connectivity index (χ0) is 19.1. The van der Waals surface area contributed by atoms with Crippen molar-refractivity contribution < 1.29 is 4.79 Å². The number of fused-ring (bicyclic) bond motifs is 2. The summed E-state index contributed by atoms with van der Waals surface area (Å²) in [5, 5.41) is 7.95.